The van der Waals surface area contributed by atoms with Gasteiger partial charge in [-0.3, -0.25) is 4.79 Å². The normalized spacial score (nSPS) is 10.6. The zero-order chi connectivity index (χ0) is 12.3. The monoisotopic (exact) mass is 249 g/mol. The quantitative estimate of drug-likeness (QED) is 0.875. The summed E-state index contributed by atoms with van der Waals surface area (Å²) in [5.74, 6) is 0.0504. The number of hydrogen-bond acceptors (Lipinski definition) is 4. The fourth-order valence-electron chi connectivity index (χ4n) is 1.58. The van der Waals surface area contributed by atoms with Gasteiger partial charge in [-0.1, -0.05) is 24.7 Å². The summed E-state index contributed by atoms with van der Waals surface area (Å²) in [6.07, 6.45) is 2.50. The molecule has 0 aliphatic carbocycles. The maximum Gasteiger partial charge on any atom is 0.224 e. The van der Waals surface area contributed by atoms with Crippen LogP contribution < -0.4 is 11.1 Å². The van der Waals surface area contributed by atoms with Gasteiger partial charge in [0.25, 0.3) is 0 Å². The number of thiazole rings is 1. The Balaban J connectivity index is 2.10. The van der Waals surface area contributed by atoms with Crippen LogP contribution in [0, 0.1) is 0 Å². The molecule has 1 aromatic heterocycles. The number of nitrogens with one attached hydrogen (secondary N) is 1. The van der Waals surface area contributed by atoms with E-state index in [9.17, 15) is 4.79 Å². The Morgan fingerprint density at radius 2 is 2.35 bits per heavy atom. The largest absolute Gasteiger partial charge is 0.375 e. The maximum absolute atomic E-state index is 11.6. The molecule has 1 amide bonds. The minimum absolute atomic E-state index is 0.0504. The predicted octanol–water partition coefficient (Wildman–Crippen LogP) is 3.01. The highest BCUT2D eigenvalue weighted by molar-refractivity contribution is 7.22. The molecule has 0 fully saturated rings. The number of benzene rings is 1. The zero-order valence-corrected chi connectivity index (χ0v) is 10.5. The van der Waals surface area contributed by atoms with Crippen LogP contribution in [-0.4, -0.2) is 10.9 Å². The molecule has 0 unspecified atom stereocenters. The zero-order valence-electron chi connectivity index (χ0n) is 9.69. The van der Waals surface area contributed by atoms with Crippen molar-refractivity contribution in [2.75, 3.05) is 11.1 Å². The van der Waals surface area contributed by atoms with Gasteiger partial charge in [0.05, 0.1) is 10.2 Å². The van der Waals surface area contributed by atoms with E-state index in [1.165, 1.54) is 11.3 Å². The molecule has 0 bridgehead atoms. The van der Waals surface area contributed by atoms with E-state index in [0.29, 0.717) is 11.6 Å². The number of fused-ring (bicyclic) bond motifs is 1. The molecule has 1 heterocycles. The second kappa shape index (κ2) is 5.14. The lowest BCUT2D eigenvalue weighted by atomic mass is 10.2. The molecule has 1 aromatic carbocycles. The fraction of sp³-hybridized carbons (Fsp3) is 0.333. The molecule has 0 aliphatic heterocycles. The maximum atomic E-state index is 11.6. The van der Waals surface area contributed by atoms with Crippen molar-refractivity contribution in [1.29, 1.82) is 0 Å². The van der Waals surface area contributed by atoms with E-state index in [-0.39, 0.29) is 5.91 Å². The summed E-state index contributed by atoms with van der Waals surface area (Å²) in [6, 6.07) is 5.66. The number of rotatable bonds is 4. The number of nitrogens with two attached hydrogens (primary N) is 1. The van der Waals surface area contributed by atoms with Crippen LogP contribution in [0.2, 0.25) is 0 Å². The van der Waals surface area contributed by atoms with Gasteiger partial charge in [0.15, 0.2) is 5.13 Å². The van der Waals surface area contributed by atoms with E-state index in [1.54, 1.807) is 0 Å². The standard InChI is InChI=1S/C12H15N3OS/c1-2-3-4-11(16)14-8-5-6-10-9(7-8)15-12(13)17-10/h5-7H,2-4H2,1H3,(H2,13,15)(H,14,16). The first-order valence-electron chi connectivity index (χ1n) is 5.65. The summed E-state index contributed by atoms with van der Waals surface area (Å²) in [7, 11) is 0. The third-order valence-electron chi connectivity index (χ3n) is 2.45. The molecule has 5 heteroatoms. The lowest BCUT2D eigenvalue weighted by Gasteiger charge is -2.04. The van der Waals surface area contributed by atoms with Gasteiger partial charge >= 0.3 is 0 Å². The van der Waals surface area contributed by atoms with Crippen molar-refractivity contribution in [3.8, 4) is 0 Å². The summed E-state index contributed by atoms with van der Waals surface area (Å²) in [5, 5.41) is 3.41. The van der Waals surface area contributed by atoms with Crippen molar-refractivity contribution in [3.05, 3.63) is 18.2 Å². The van der Waals surface area contributed by atoms with Crippen LogP contribution in [0.15, 0.2) is 18.2 Å². The Morgan fingerprint density at radius 3 is 3.12 bits per heavy atom. The van der Waals surface area contributed by atoms with Crippen LogP contribution in [0.4, 0.5) is 10.8 Å². The first-order chi connectivity index (χ1) is 8.19. The van der Waals surface area contributed by atoms with Gasteiger partial charge in [0.2, 0.25) is 5.91 Å². The molecule has 0 saturated carbocycles. The molecule has 4 nitrogen and oxygen atoms in total. The molecule has 0 atom stereocenters. The Bertz CT molecular complexity index is 536. The molecule has 2 aromatic rings. The van der Waals surface area contributed by atoms with Crippen molar-refractivity contribution in [3.63, 3.8) is 0 Å². The van der Waals surface area contributed by atoms with Crippen LogP contribution in [-0.2, 0) is 4.79 Å². The summed E-state index contributed by atoms with van der Waals surface area (Å²) in [4.78, 5) is 15.7. The molecule has 0 aliphatic rings. The van der Waals surface area contributed by atoms with Crippen molar-refractivity contribution in [2.45, 2.75) is 26.2 Å². The van der Waals surface area contributed by atoms with E-state index >= 15 is 0 Å². The number of unbranched alkanes of at least 4 members (excludes halogenated alkanes) is 1. The number of nitrogens with zero attached hydrogens (tertiary/aromatic N) is 1. The topological polar surface area (TPSA) is 68.0 Å². The predicted molar refractivity (Wildman–Crippen MR) is 72.2 cm³/mol. The minimum atomic E-state index is 0.0504. The minimum Gasteiger partial charge on any atom is -0.375 e. The Kier molecular flexibility index (Phi) is 3.58. The number of nitrogen functional groups attached to an aromatic ring is 1. The highest BCUT2D eigenvalue weighted by Gasteiger charge is 2.05. The van der Waals surface area contributed by atoms with E-state index in [1.807, 2.05) is 18.2 Å². The lowest BCUT2D eigenvalue weighted by Crippen LogP contribution is -2.10. The van der Waals surface area contributed by atoms with Gasteiger partial charge < -0.3 is 11.1 Å². The van der Waals surface area contributed by atoms with Crippen molar-refractivity contribution in [1.82, 2.24) is 4.98 Å². The van der Waals surface area contributed by atoms with Gasteiger partial charge in [-0.15, -0.1) is 0 Å². The molecule has 0 radical (unpaired) electrons. The van der Waals surface area contributed by atoms with E-state index in [0.717, 1.165) is 28.7 Å². The second-order valence-electron chi connectivity index (χ2n) is 3.89. The Hall–Kier alpha value is -1.62. The van der Waals surface area contributed by atoms with Crippen LogP contribution in [0.3, 0.4) is 0 Å². The molecule has 2 rings (SSSR count). The van der Waals surface area contributed by atoms with E-state index in [2.05, 4.69) is 17.2 Å². The third kappa shape index (κ3) is 2.94. The first kappa shape index (κ1) is 11.9. The molecule has 3 N–H and O–H groups in total. The van der Waals surface area contributed by atoms with Crippen molar-refractivity contribution in [2.24, 2.45) is 0 Å². The van der Waals surface area contributed by atoms with Crippen LogP contribution in [0.1, 0.15) is 26.2 Å². The van der Waals surface area contributed by atoms with Crippen LogP contribution >= 0.6 is 11.3 Å². The third-order valence-corrected chi connectivity index (χ3v) is 3.31. The molecule has 0 spiro atoms. The Morgan fingerprint density at radius 1 is 1.53 bits per heavy atom. The molecular formula is C12H15N3OS. The van der Waals surface area contributed by atoms with Gasteiger partial charge in [0, 0.05) is 12.1 Å². The number of hydrogen-bond donors (Lipinski definition) is 2. The van der Waals surface area contributed by atoms with Crippen molar-refractivity contribution < 1.29 is 4.79 Å². The number of carbonyl (C=O) groups excluding carboxylic acids is 1. The number of carbonyl (C=O) groups is 1. The second-order valence-corrected chi connectivity index (χ2v) is 4.95. The molecular weight excluding hydrogens is 234 g/mol. The highest BCUT2D eigenvalue weighted by Crippen LogP contribution is 2.26. The number of anilines is 2. The van der Waals surface area contributed by atoms with Crippen molar-refractivity contribution >= 4 is 38.3 Å². The molecule has 0 saturated heterocycles. The Labute approximate surface area is 104 Å². The highest BCUT2D eigenvalue weighted by atomic mass is 32.1. The molecule has 17 heavy (non-hydrogen) atoms. The van der Waals surface area contributed by atoms with Gasteiger partial charge in [-0.25, -0.2) is 4.98 Å². The van der Waals surface area contributed by atoms with Crippen LogP contribution in [0.5, 0.6) is 0 Å². The fourth-order valence-corrected chi connectivity index (χ4v) is 2.30. The van der Waals surface area contributed by atoms with Gasteiger partial charge in [0.1, 0.15) is 0 Å². The summed E-state index contributed by atoms with van der Waals surface area (Å²) in [5.41, 5.74) is 7.24. The van der Waals surface area contributed by atoms with Gasteiger partial charge in [-0.05, 0) is 24.6 Å². The summed E-state index contributed by atoms with van der Waals surface area (Å²) >= 11 is 1.45. The number of amides is 1. The van der Waals surface area contributed by atoms with Gasteiger partial charge in [-0.2, -0.15) is 0 Å². The SMILES string of the molecule is CCCCC(=O)Nc1ccc2sc(N)nc2c1. The number of aromatic nitrogens is 1. The van der Waals surface area contributed by atoms with E-state index < -0.39 is 0 Å². The first-order valence-corrected chi connectivity index (χ1v) is 6.46. The van der Waals surface area contributed by atoms with E-state index in [4.69, 9.17) is 5.73 Å². The lowest BCUT2D eigenvalue weighted by molar-refractivity contribution is -0.116. The van der Waals surface area contributed by atoms with Crippen LogP contribution in [0.25, 0.3) is 10.2 Å². The average Bonchev–Trinajstić information content (AvgIpc) is 2.65. The summed E-state index contributed by atoms with van der Waals surface area (Å²) < 4.78 is 1.04. The molecule has 90 valence electrons. The smallest absolute Gasteiger partial charge is 0.224 e. The average molecular weight is 249 g/mol. The summed E-state index contributed by atoms with van der Waals surface area (Å²) in [6.45, 7) is 2.07.